The van der Waals surface area contributed by atoms with Gasteiger partial charge in [-0.3, -0.25) is 9.59 Å². The Bertz CT molecular complexity index is 875. The summed E-state index contributed by atoms with van der Waals surface area (Å²) in [5.41, 5.74) is -0.152. The lowest BCUT2D eigenvalue weighted by Gasteiger charge is -2.30. The lowest BCUT2D eigenvalue weighted by Crippen LogP contribution is -2.49. The van der Waals surface area contributed by atoms with Crippen LogP contribution in [0.4, 0.5) is 9.93 Å². The summed E-state index contributed by atoms with van der Waals surface area (Å²) in [5, 5.41) is 16.0. The quantitative estimate of drug-likeness (QED) is 0.506. The van der Waals surface area contributed by atoms with Gasteiger partial charge >= 0.3 is 12.0 Å². The summed E-state index contributed by atoms with van der Waals surface area (Å²) in [6.07, 6.45) is 10.8. The number of hydrogen-bond donors (Lipinski definition) is 3. The molecule has 0 aromatic carbocycles. The highest BCUT2D eigenvalue weighted by Gasteiger charge is 2.46. The number of amides is 4. The van der Waals surface area contributed by atoms with Gasteiger partial charge in [0, 0.05) is 5.38 Å². The van der Waals surface area contributed by atoms with Gasteiger partial charge in [-0.2, -0.15) is 0 Å². The van der Waals surface area contributed by atoms with Crippen LogP contribution >= 0.6 is 11.3 Å². The Morgan fingerprint density at radius 2 is 1.78 bits per heavy atom. The fourth-order valence-electron chi connectivity index (χ4n) is 5.27. The van der Waals surface area contributed by atoms with E-state index in [1.807, 2.05) is 0 Å². The molecule has 0 spiro atoms. The molecule has 1 aromatic rings. The van der Waals surface area contributed by atoms with Gasteiger partial charge in [-0.05, 0) is 24.7 Å². The maximum atomic E-state index is 13.2. The molecule has 1 aromatic heterocycles. The molecule has 10 heteroatoms. The van der Waals surface area contributed by atoms with Crippen LogP contribution in [0.5, 0.6) is 0 Å². The summed E-state index contributed by atoms with van der Waals surface area (Å²) < 4.78 is 0. The number of imide groups is 1. The van der Waals surface area contributed by atoms with Gasteiger partial charge in [0.05, 0.1) is 0 Å². The largest absolute Gasteiger partial charge is 0.476 e. The third-order valence-electron chi connectivity index (χ3n) is 6.94. The summed E-state index contributed by atoms with van der Waals surface area (Å²) in [7, 11) is 0. The van der Waals surface area contributed by atoms with Crippen molar-refractivity contribution in [1.82, 2.24) is 15.2 Å². The summed E-state index contributed by atoms with van der Waals surface area (Å²) in [6, 6.07) is -2.03. The van der Waals surface area contributed by atoms with Crippen LogP contribution in [0.1, 0.15) is 81.1 Å². The van der Waals surface area contributed by atoms with Crippen molar-refractivity contribution in [2.45, 2.75) is 82.7 Å². The molecule has 2 aliphatic carbocycles. The van der Waals surface area contributed by atoms with Crippen molar-refractivity contribution in [2.24, 2.45) is 11.8 Å². The predicted octanol–water partition coefficient (Wildman–Crippen LogP) is 3.62. The molecule has 2 saturated carbocycles. The number of carboxylic acids is 1. The van der Waals surface area contributed by atoms with Crippen LogP contribution in [-0.4, -0.2) is 50.9 Å². The molecule has 1 aliphatic heterocycles. The average Bonchev–Trinajstić information content (AvgIpc) is 3.50. The van der Waals surface area contributed by atoms with Crippen molar-refractivity contribution in [3.63, 3.8) is 0 Å². The first kappa shape index (κ1) is 22.7. The molecule has 2 atom stereocenters. The van der Waals surface area contributed by atoms with Crippen molar-refractivity contribution < 1.29 is 24.3 Å². The first-order valence-corrected chi connectivity index (χ1v) is 12.4. The Morgan fingerprint density at radius 3 is 2.44 bits per heavy atom. The molecule has 1 saturated heterocycles. The summed E-state index contributed by atoms with van der Waals surface area (Å²) in [4.78, 5) is 55.4. The van der Waals surface area contributed by atoms with E-state index in [9.17, 15) is 19.2 Å². The number of carbonyl (C=O) groups is 4. The molecule has 3 N–H and O–H groups in total. The SMILES string of the molecule is O=C(O)c1csc(NC(=O)C(CC2CCCCC2)N2C(=O)NC(CC3CCCC3)C2=O)n1. The van der Waals surface area contributed by atoms with Gasteiger partial charge in [-0.1, -0.05) is 57.8 Å². The maximum Gasteiger partial charge on any atom is 0.355 e. The molecule has 3 fully saturated rings. The Morgan fingerprint density at radius 1 is 1.12 bits per heavy atom. The molecule has 4 rings (SSSR count). The summed E-state index contributed by atoms with van der Waals surface area (Å²) >= 11 is 1.01. The van der Waals surface area contributed by atoms with E-state index in [1.54, 1.807) is 0 Å². The maximum absolute atomic E-state index is 13.2. The van der Waals surface area contributed by atoms with Gasteiger partial charge in [0.1, 0.15) is 12.1 Å². The molecule has 0 radical (unpaired) electrons. The van der Waals surface area contributed by atoms with Crippen LogP contribution in [0.3, 0.4) is 0 Å². The number of carbonyl (C=O) groups excluding carboxylic acids is 3. The highest BCUT2D eigenvalue weighted by Crippen LogP contribution is 2.33. The third-order valence-corrected chi connectivity index (χ3v) is 7.70. The molecule has 9 nitrogen and oxygen atoms in total. The Kier molecular flexibility index (Phi) is 7.07. The van der Waals surface area contributed by atoms with Crippen LogP contribution < -0.4 is 10.6 Å². The zero-order chi connectivity index (χ0) is 22.7. The number of rotatable bonds is 8. The highest BCUT2D eigenvalue weighted by atomic mass is 32.1. The number of anilines is 1. The van der Waals surface area contributed by atoms with Gasteiger partial charge in [-0.25, -0.2) is 19.5 Å². The van der Waals surface area contributed by atoms with Crippen LogP contribution in [0.2, 0.25) is 0 Å². The van der Waals surface area contributed by atoms with E-state index < -0.39 is 30.0 Å². The van der Waals surface area contributed by atoms with Gasteiger partial charge in [-0.15, -0.1) is 11.3 Å². The highest BCUT2D eigenvalue weighted by molar-refractivity contribution is 7.14. The first-order valence-electron chi connectivity index (χ1n) is 11.6. The van der Waals surface area contributed by atoms with Crippen LogP contribution in [0.25, 0.3) is 0 Å². The number of thiazole rings is 1. The molecular weight excluding hydrogens is 432 g/mol. The van der Waals surface area contributed by atoms with Crippen LogP contribution in [0, 0.1) is 11.8 Å². The van der Waals surface area contributed by atoms with Crippen LogP contribution in [-0.2, 0) is 9.59 Å². The van der Waals surface area contributed by atoms with Crippen molar-refractivity contribution >= 4 is 40.3 Å². The Hall–Kier alpha value is -2.49. The molecule has 2 unspecified atom stereocenters. The second-order valence-corrected chi connectivity index (χ2v) is 10.0. The van der Waals surface area contributed by atoms with E-state index in [1.165, 1.54) is 5.38 Å². The Labute approximate surface area is 191 Å². The number of carboxylic acid groups (broad SMARTS) is 1. The summed E-state index contributed by atoms with van der Waals surface area (Å²) in [6.45, 7) is 0. The summed E-state index contributed by atoms with van der Waals surface area (Å²) in [5.74, 6) is -1.31. The zero-order valence-electron chi connectivity index (χ0n) is 18.0. The van der Waals surface area contributed by atoms with Gasteiger partial charge < -0.3 is 15.7 Å². The number of nitrogens with one attached hydrogen (secondary N) is 2. The number of urea groups is 1. The molecular formula is C22H30N4O5S. The number of aromatic carboxylic acids is 1. The minimum absolute atomic E-state index is 0.149. The van der Waals surface area contributed by atoms with Crippen molar-refractivity contribution in [3.8, 4) is 0 Å². The van der Waals surface area contributed by atoms with Gasteiger partial charge in [0.25, 0.3) is 5.91 Å². The van der Waals surface area contributed by atoms with Crippen molar-refractivity contribution in [2.75, 3.05) is 5.32 Å². The second kappa shape index (κ2) is 9.97. The second-order valence-electron chi connectivity index (χ2n) is 9.18. The Balaban J connectivity index is 1.50. The third kappa shape index (κ3) is 5.11. The molecule has 32 heavy (non-hydrogen) atoms. The molecule has 2 heterocycles. The number of nitrogens with zero attached hydrogens (tertiary/aromatic N) is 2. The molecule has 4 amide bonds. The minimum atomic E-state index is -1.18. The van der Waals surface area contributed by atoms with Crippen molar-refractivity contribution in [1.29, 1.82) is 0 Å². The van der Waals surface area contributed by atoms with E-state index in [0.717, 1.165) is 74.0 Å². The average molecular weight is 463 g/mol. The first-order chi connectivity index (χ1) is 15.4. The van der Waals surface area contributed by atoms with Crippen molar-refractivity contribution in [3.05, 3.63) is 11.1 Å². The van der Waals surface area contributed by atoms with Gasteiger partial charge in [0.15, 0.2) is 10.8 Å². The fourth-order valence-corrected chi connectivity index (χ4v) is 5.96. The van der Waals surface area contributed by atoms with Crippen LogP contribution in [0.15, 0.2) is 5.38 Å². The van der Waals surface area contributed by atoms with E-state index >= 15 is 0 Å². The van der Waals surface area contributed by atoms with E-state index in [2.05, 4.69) is 15.6 Å². The number of hydrogen-bond acceptors (Lipinski definition) is 6. The fraction of sp³-hybridized carbons (Fsp3) is 0.682. The minimum Gasteiger partial charge on any atom is -0.476 e. The lowest BCUT2D eigenvalue weighted by molar-refractivity contribution is -0.134. The van der Waals surface area contributed by atoms with E-state index in [4.69, 9.17) is 5.11 Å². The topological polar surface area (TPSA) is 129 Å². The number of aromatic nitrogens is 1. The smallest absolute Gasteiger partial charge is 0.355 e. The predicted molar refractivity (Wildman–Crippen MR) is 118 cm³/mol. The molecule has 0 bridgehead atoms. The molecule has 174 valence electrons. The zero-order valence-corrected chi connectivity index (χ0v) is 18.9. The molecule has 3 aliphatic rings. The lowest BCUT2D eigenvalue weighted by atomic mass is 9.84. The normalized spacial score (nSPS) is 23.4. The van der Waals surface area contributed by atoms with Gasteiger partial charge in [0.2, 0.25) is 5.91 Å². The standard InChI is InChI=1S/C22H30N4O5S/c27-18(25-21-23-16(12-32-21)20(29)30)17(11-14-6-2-1-3-7-14)26-19(28)15(24-22(26)31)10-13-8-4-5-9-13/h12-15,17H,1-11H2,(H,24,31)(H,29,30)(H,23,25,27). The monoisotopic (exact) mass is 462 g/mol. The van der Waals surface area contributed by atoms with E-state index in [0.29, 0.717) is 18.8 Å². The van der Waals surface area contributed by atoms with E-state index in [-0.39, 0.29) is 22.7 Å².